The molecule has 0 spiro atoms. The lowest BCUT2D eigenvalue weighted by Crippen LogP contribution is -2.07. The van der Waals surface area contributed by atoms with Crippen molar-refractivity contribution in [3.8, 4) is 0 Å². The van der Waals surface area contributed by atoms with Crippen LogP contribution in [0.2, 0.25) is 5.02 Å². The van der Waals surface area contributed by atoms with E-state index in [9.17, 15) is 13.2 Å². The third-order valence-electron chi connectivity index (χ3n) is 2.01. The SMILES string of the molecule is Fc1cc(Cl)c(F)c(F)c1C1OCCO1. The van der Waals surface area contributed by atoms with Crippen molar-refractivity contribution in [2.24, 2.45) is 0 Å². The summed E-state index contributed by atoms with van der Waals surface area (Å²) in [4.78, 5) is 0. The molecule has 1 aliphatic rings. The van der Waals surface area contributed by atoms with E-state index in [1.807, 2.05) is 0 Å². The lowest BCUT2D eigenvalue weighted by molar-refractivity contribution is -0.0493. The van der Waals surface area contributed by atoms with Crippen molar-refractivity contribution in [1.29, 1.82) is 0 Å². The second-order valence-electron chi connectivity index (χ2n) is 2.96. The molecule has 0 atom stereocenters. The summed E-state index contributed by atoms with van der Waals surface area (Å²) in [6.45, 7) is 0.432. The van der Waals surface area contributed by atoms with Gasteiger partial charge in [-0.2, -0.15) is 0 Å². The zero-order chi connectivity index (χ0) is 11.0. The Labute approximate surface area is 88.5 Å². The lowest BCUT2D eigenvalue weighted by Gasteiger charge is -2.12. The summed E-state index contributed by atoms with van der Waals surface area (Å²) in [5, 5.41) is -0.605. The van der Waals surface area contributed by atoms with Gasteiger partial charge in [-0.3, -0.25) is 0 Å². The van der Waals surface area contributed by atoms with E-state index in [0.29, 0.717) is 6.07 Å². The van der Waals surface area contributed by atoms with Gasteiger partial charge in [0.15, 0.2) is 17.9 Å². The minimum absolute atomic E-state index is 0.216. The first-order chi connectivity index (χ1) is 7.11. The molecule has 2 rings (SSSR count). The Balaban J connectivity index is 2.50. The largest absolute Gasteiger partial charge is 0.346 e. The van der Waals surface area contributed by atoms with Gasteiger partial charge in [0.05, 0.1) is 23.8 Å². The number of ether oxygens (including phenoxy) is 2. The lowest BCUT2D eigenvalue weighted by atomic mass is 10.2. The molecular weight excluding hydrogens is 233 g/mol. The first kappa shape index (κ1) is 10.7. The maximum Gasteiger partial charge on any atom is 0.189 e. The summed E-state index contributed by atoms with van der Waals surface area (Å²) in [7, 11) is 0. The molecule has 1 saturated heterocycles. The van der Waals surface area contributed by atoms with Crippen molar-refractivity contribution in [3.63, 3.8) is 0 Å². The van der Waals surface area contributed by atoms with Crippen LogP contribution in [0.25, 0.3) is 0 Å². The first-order valence-electron chi connectivity index (χ1n) is 4.17. The van der Waals surface area contributed by atoms with Gasteiger partial charge in [0, 0.05) is 0 Å². The van der Waals surface area contributed by atoms with Gasteiger partial charge in [0.1, 0.15) is 5.82 Å². The van der Waals surface area contributed by atoms with Crippen molar-refractivity contribution < 1.29 is 22.6 Å². The van der Waals surface area contributed by atoms with Crippen molar-refractivity contribution in [2.45, 2.75) is 6.29 Å². The van der Waals surface area contributed by atoms with Crippen molar-refractivity contribution in [3.05, 3.63) is 34.1 Å². The molecule has 0 unspecified atom stereocenters. The normalized spacial score (nSPS) is 17.3. The fraction of sp³-hybridized carbons (Fsp3) is 0.333. The van der Waals surface area contributed by atoms with Crippen LogP contribution in [-0.4, -0.2) is 13.2 Å². The number of halogens is 4. The zero-order valence-corrected chi connectivity index (χ0v) is 8.15. The van der Waals surface area contributed by atoms with Crippen molar-refractivity contribution in [2.75, 3.05) is 13.2 Å². The zero-order valence-electron chi connectivity index (χ0n) is 7.40. The molecule has 1 aromatic rings. The molecule has 1 heterocycles. The number of hydrogen-bond acceptors (Lipinski definition) is 2. The Kier molecular flexibility index (Phi) is 2.86. The summed E-state index contributed by atoms with van der Waals surface area (Å²) in [6.07, 6.45) is -1.20. The van der Waals surface area contributed by atoms with Gasteiger partial charge in [0.25, 0.3) is 0 Å². The van der Waals surface area contributed by atoms with Crippen LogP contribution in [0, 0.1) is 17.5 Å². The molecule has 0 radical (unpaired) electrons. The van der Waals surface area contributed by atoms with Crippen LogP contribution in [0.4, 0.5) is 13.2 Å². The van der Waals surface area contributed by atoms with Crippen LogP contribution in [0.3, 0.4) is 0 Å². The van der Waals surface area contributed by atoms with Gasteiger partial charge >= 0.3 is 0 Å². The average molecular weight is 239 g/mol. The highest BCUT2D eigenvalue weighted by Gasteiger charge is 2.28. The van der Waals surface area contributed by atoms with Gasteiger partial charge in [-0.1, -0.05) is 11.6 Å². The Morgan fingerprint density at radius 1 is 1.13 bits per heavy atom. The van der Waals surface area contributed by atoms with E-state index in [1.54, 1.807) is 0 Å². The molecule has 0 aromatic heterocycles. The topological polar surface area (TPSA) is 18.5 Å². The number of benzene rings is 1. The second-order valence-corrected chi connectivity index (χ2v) is 3.36. The molecule has 82 valence electrons. The van der Waals surface area contributed by atoms with E-state index in [1.165, 1.54) is 0 Å². The van der Waals surface area contributed by atoms with Crippen LogP contribution >= 0.6 is 11.6 Å². The third kappa shape index (κ3) is 1.82. The maximum absolute atomic E-state index is 13.3. The third-order valence-corrected chi connectivity index (χ3v) is 2.28. The van der Waals surface area contributed by atoms with Crippen LogP contribution < -0.4 is 0 Å². The molecule has 0 amide bonds. The molecule has 0 aliphatic carbocycles. The van der Waals surface area contributed by atoms with Gasteiger partial charge in [-0.25, -0.2) is 13.2 Å². The van der Waals surface area contributed by atoms with E-state index in [0.717, 1.165) is 0 Å². The minimum Gasteiger partial charge on any atom is -0.346 e. The van der Waals surface area contributed by atoms with Crippen LogP contribution in [0.5, 0.6) is 0 Å². The standard InChI is InChI=1S/C9H6ClF3O2/c10-4-3-5(11)6(8(13)7(4)12)9-14-1-2-15-9/h3,9H,1-2H2. The molecule has 0 saturated carbocycles. The fourth-order valence-corrected chi connectivity index (χ4v) is 1.50. The second kappa shape index (κ2) is 4.00. The van der Waals surface area contributed by atoms with Crippen LogP contribution in [0.15, 0.2) is 6.07 Å². The highest BCUT2D eigenvalue weighted by Crippen LogP contribution is 2.32. The van der Waals surface area contributed by atoms with E-state index >= 15 is 0 Å². The highest BCUT2D eigenvalue weighted by atomic mass is 35.5. The molecule has 15 heavy (non-hydrogen) atoms. The highest BCUT2D eigenvalue weighted by molar-refractivity contribution is 6.30. The quantitative estimate of drug-likeness (QED) is 0.553. The summed E-state index contributed by atoms with van der Waals surface area (Å²) >= 11 is 5.26. The summed E-state index contributed by atoms with van der Waals surface area (Å²) in [6, 6.07) is 0.695. The van der Waals surface area contributed by atoms with Gasteiger partial charge < -0.3 is 9.47 Å². The monoisotopic (exact) mass is 238 g/mol. The molecule has 1 fully saturated rings. The van der Waals surface area contributed by atoms with Gasteiger partial charge in [-0.15, -0.1) is 0 Å². The van der Waals surface area contributed by atoms with E-state index in [4.69, 9.17) is 21.1 Å². The Morgan fingerprint density at radius 2 is 1.73 bits per heavy atom. The predicted octanol–water partition coefficient (Wildman–Crippen LogP) is 2.80. The Morgan fingerprint density at radius 3 is 2.33 bits per heavy atom. The Bertz CT molecular complexity index is 391. The van der Waals surface area contributed by atoms with E-state index < -0.39 is 34.3 Å². The van der Waals surface area contributed by atoms with Crippen molar-refractivity contribution in [1.82, 2.24) is 0 Å². The predicted molar refractivity (Wildman–Crippen MR) is 46.0 cm³/mol. The molecule has 0 bridgehead atoms. The molecule has 6 heteroatoms. The average Bonchev–Trinajstić information content (AvgIpc) is 2.68. The summed E-state index contributed by atoms with van der Waals surface area (Å²) in [5.74, 6) is -3.65. The van der Waals surface area contributed by atoms with Crippen molar-refractivity contribution >= 4 is 11.6 Å². The summed E-state index contributed by atoms with van der Waals surface area (Å²) in [5.41, 5.74) is -0.575. The van der Waals surface area contributed by atoms with E-state index in [2.05, 4.69) is 0 Å². The van der Waals surface area contributed by atoms with Gasteiger partial charge in [0.2, 0.25) is 0 Å². The molecule has 2 nitrogen and oxygen atoms in total. The molecule has 1 aromatic carbocycles. The first-order valence-corrected chi connectivity index (χ1v) is 4.55. The summed E-state index contributed by atoms with van der Waals surface area (Å²) < 4.78 is 49.4. The van der Waals surface area contributed by atoms with Crippen LogP contribution in [0.1, 0.15) is 11.9 Å². The van der Waals surface area contributed by atoms with Gasteiger partial charge in [-0.05, 0) is 6.07 Å². The molecule has 0 N–H and O–H groups in total. The van der Waals surface area contributed by atoms with Crippen LogP contribution in [-0.2, 0) is 9.47 Å². The fourth-order valence-electron chi connectivity index (χ4n) is 1.32. The molecular formula is C9H6ClF3O2. The number of hydrogen-bond donors (Lipinski definition) is 0. The minimum atomic E-state index is -1.37. The maximum atomic E-state index is 13.3. The van der Waals surface area contributed by atoms with E-state index in [-0.39, 0.29) is 13.2 Å². The number of rotatable bonds is 1. The molecule has 1 aliphatic heterocycles. The smallest absolute Gasteiger partial charge is 0.189 e. The Hall–Kier alpha value is -0.780.